The van der Waals surface area contributed by atoms with Gasteiger partial charge in [0, 0.05) is 44.8 Å². The highest BCUT2D eigenvalue weighted by Crippen LogP contribution is 2.32. The smallest absolute Gasteiger partial charge is 0.303 e. The zero-order valence-corrected chi connectivity index (χ0v) is 23.6. The van der Waals surface area contributed by atoms with Gasteiger partial charge in [-0.15, -0.1) is 11.3 Å². The first-order valence-electron chi connectivity index (χ1n) is 12.4. The summed E-state index contributed by atoms with van der Waals surface area (Å²) in [5.41, 5.74) is 0.983. The number of hydrogen-bond acceptors (Lipinski definition) is 14. The van der Waals surface area contributed by atoms with Gasteiger partial charge in [0.15, 0.2) is 12.2 Å². The third-order valence-electron chi connectivity index (χ3n) is 5.80. The van der Waals surface area contributed by atoms with Gasteiger partial charge in [-0.2, -0.15) is 0 Å². The Morgan fingerprint density at radius 2 is 1.59 bits per heavy atom. The Bertz CT molecular complexity index is 1530. The predicted octanol–water partition coefficient (Wildman–Crippen LogP) is 2.69. The molecule has 218 valence electrons. The van der Waals surface area contributed by atoms with Crippen molar-refractivity contribution in [3.8, 4) is 16.3 Å². The molecule has 0 amide bonds. The lowest BCUT2D eigenvalue weighted by Gasteiger charge is -2.43. The first kappa shape index (κ1) is 29.7. The Labute approximate surface area is 237 Å². The van der Waals surface area contributed by atoms with E-state index in [1.54, 1.807) is 0 Å². The van der Waals surface area contributed by atoms with Crippen LogP contribution in [0.1, 0.15) is 33.4 Å². The van der Waals surface area contributed by atoms with E-state index in [9.17, 15) is 24.0 Å². The molecule has 1 aliphatic heterocycles. The highest BCUT2D eigenvalue weighted by molar-refractivity contribution is 7.13. The normalized spacial score (nSPS) is 22.0. The number of hydrogen-bond donors (Lipinski definition) is 0. The van der Waals surface area contributed by atoms with Crippen molar-refractivity contribution in [3.63, 3.8) is 0 Å². The number of rotatable bonds is 8. The molecule has 3 aromatic rings. The van der Waals surface area contributed by atoms with Crippen LogP contribution in [-0.2, 0) is 42.9 Å². The third kappa shape index (κ3) is 7.08. The van der Waals surface area contributed by atoms with E-state index in [4.69, 9.17) is 32.8 Å². The molecule has 0 saturated carbocycles. The largest absolute Gasteiger partial charge is 0.463 e. The molecule has 1 fully saturated rings. The van der Waals surface area contributed by atoms with Crippen LogP contribution >= 0.6 is 11.3 Å². The standard InChI is InChI=1S/C27H27NO12S/c1-12-11-41-26(28-12)19-9-35-20-8-17(6-7-18(20)22(19)33)39-27-25(38-16(5)32)24(37-15(4)31)23(36-14(3)30)21(40-27)10-34-13(2)29/h6-9,11,21,23-25,27H,10H2,1-5H3/t21-,23-,24+,25-,27+/m0/s1. The summed E-state index contributed by atoms with van der Waals surface area (Å²) in [5.74, 6) is -2.79. The molecular weight excluding hydrogens is 562 g/mol. The number of fused-ring (bicyclic) bond motifs is 1. The van der Waals surface area contributed by atoms with Crippen molar-refractivity contribution in [2.75, 3.05) is 6.61 Å². The van der Waals surface area contributed by atoms with Crippen LogP contribution < -0.4 is 10.2 Å². The van der Waals surface area contributed by atoms with E-state index in [2.05, 4.69) is 4.98 Å². The number of nitrogens with zero attached hydrogens (tertiary/aromatic N) is 1. The van der Waals surface area contributed by atoms with Crippen LogP contribution in [0.25, 0.3) is 21.5 Å². The van der Waals surface area contributed by atoms with Gasteiger partial charge < -0.3 is 32.8 Å². The molecule has 1 aliphatic rings. The molecule has 0 N–H and O–H groups in total. The van der Waals surface area contributed by atoms with Gasteiger partial charge >= 0.3 is 23.9 Å². The lowest BCUT2D eigenvalue weighted by Crippen LogP contribution is -2.63. The molecule has 0 spiro atoms. The lowest BCUT2D eigenvalue weighted by molar-refractivity contribution is -0.288. The van der Waals surface area contributed by atoms with E-state index in [-0.39, 0.29) is 22.1 Å². The van der Waals surface area contributed by atoms with E-state index < -0.39 is 61.2 Å². The second-order valence-corrected chi connectivity index (χ2v) is 9.97. The van der Waals surface area contributed by atoms with E-state index in [1.165, 1.54) is 42.7 Å². The fraction of sp³-hybridized carbons (Fsp3) is 0.407. The summed E-state index contributed by atoms with van der Waals surface area (Å²) in [7, 11) is 0. The average Bonchev–Trinajstić information content (AvgIpc) is 3.31. The zero-order chi connectivity index (χ0) is 29.8. The van der Waals surface area contributed by atoms with Crippen molar-refractivity contribution in [1.29, 1.82) is 0 Å². The van der Waals surface area contributed by atoms with E-state index in [0.717, 1.165) is 26.5 Å². The summed E-state index contributed by atoms with van der Waals surface area (Å²) in [6.45, 7) is 5.96. The Morgan fingerprint density at radius 1 is 0.927 bits per heavy atom. The van der Waals surface area contributed by atoms with Crippen molar-refractivity contribution >= 4 is 46.2 Å². The van der Waals surface area contributed by atoms with E-state index in [1.807, 2.05) is 12.3 Å². The molecule has 0 bridgehead atoms. The molecule has 0 radical (unpaired) electrons. The molecule has 1 saturated heterocycles. The quantitative estimate of drug-likeness (QED) is 0.278. The summed E-state index contributed by atoms with van der Waals surface area (Å²) >= 11 is 1.32. The predicted molar refractivity (Wildman–Crippen MR) is 141 cm³/mol. The van der Waals surface area contributed by atoms with Gasteiger partial charge in [-0.05, 0) is 19.1 Å². The SMILES string of the molecule is CC(=O)OC[C@@H]1O[C@@H](Oc2ccc3c(=O)c(-c4nc(C)cs4)coc3c2)[C@@H](OC(C)=O)[C@H](OC(C)=O)[C@H]1OC(C)=O. The monoisotopic (exact) mass is 589 g/mol. The minimum atomic E-state index is -1.43. The average molecular weight is 590 g/mol. The maximum Gasteiger partial charge on any atom is 0.303 e. The van der Waals surface area contributed by atoms with Crippen molar-refractivity contribution in [2.45, 2.75) is 65.3 Å². The van der Waals surface area contributed by atoms with Crippen LogP contribution in [-0.4, -0.2) is 66.2 Å². The van der Waals surface area contributed by atoms with Crippen molar-refractivity contribution in [1.82, 2.24) is 4.98 Å². The van der Waals surface area contributed by atoms with Gasteiger partial charge in [0.2, 0.25) is 17.8 Å². The minimum Gasteiger partial charge on any atom is -0.463 e. The van der Waals surface area contributed by atoms with Gasteiger partial charge in [0.1, 0.15) is 35.3 Å². The molecule has 41 heavy (non-hydrogen) atoms. The fourth-order valence-electron chi connectivity index (χ4n) is 4.22. The molecule has 1 aromatic carbocycles. The molecule has 2 aromatic heterocycles. The Hall–Kier alpha value is -4.30. The van der Waals surface area contributed by atoms with Crippen LogP contribution in [0.2, 0.25) is 0 Å². The number of aromatic nitrogens is 1. The lowest BCUT2D eigenvalue weighted by atomic mass is 9.98. The maximum atomic E-state index is 13.1. The highest BCUT2D eigenvalue weighted by atomic mass is 32.1. The summed E-state index contributed by atoms with van der Waals surface area (Å²) in [4.78, 5) is 64.9. The van der Waals surface area contributed by atoms with E-state index >= 15 is 0 Å². The van der Waals surface area contributed by atoms with Crippen LogP contribution in [0.5, 0.6) is 5.75 Å². The van der Waals surface area contributed by atoms with Gasteiger partial charge in [0.25, 0.3) is 0 Å². The molecule has 5 atom stereocenters. The van der Waals surface area contributed by atoms with Crippen LogP contribution in [0.4, 0.5) is 0 Å². The number of esters is 4. The van der Waals surface area contributed by atoms with Crippen molar-refractivity contribution in [3.05, 3.63) is 45.8 Å². The van der Waals surface area contributed by atoms with Crippen LogP contribution in [0, 0.1) is 6.92 Å². The second-order valence-electron chi connectivity index (χ2n) is 9.12. The number of thiazole rings is 1. The Morgan fingerprint density at radius 3 is 2.20 bits per heavy atom. The number of carbonyl (C=O) groups is 4. The van der Waals surface area contributed by atoms with Gasteiger partial charge in [0.05, 0.1) is 10.9 Å². The number of carbonyl (C=O) groups excluding carboxylic acids is 4. The molecule has 0 unspecified atom stereocenters. The van der Waals surface area contributed by atoms with Gasteiger partial charge in [-0.3, -0.25) is 24.0 Å². The first-order valence-corrected chi connectivity index (χ1v) is 13.3. The minimum absolute atomic E-state index is 0.138. The molecular formula is C27H27NO12S. The van der Waals surface area contributed by atoms with Gasteiger partial charge in [-0.25, -0.2) is 4.98 Å². The second kappa shape index (κ2) is 12.5. The topological polar surface area (TPSA) is 167 Å². The molecule has 0 aliphatic carbocycles. The number of ether oxygens (including phenoxy) is 6. The van der Waals surface area contributed by atoms with E-state index in [0.29, 0.717) is 10.6 Å². The Kier molecular flexibility index (Phi) is 9.03. The summed E-state index contributed by atoms with van der Waals surface area (Å²) in [6.07, 6.45) is -5.41. The Balaban J connectivity index is 1.70. The molecule has 3 heterocycles. The van der Waals surface area contributed by atoms with Crippen LogP contribution in [0.3, 0.4) is 0 Å². The first-order chi connectivity index (χ1) is 19.4. The molecule has 4 rings (SSSR count). The third-order valence-corrected chi connectivity index (χ3v) is 6.79. The van der Waals surface area contributed by atoms with Crippen molar-refractivity contribution in [2.24, 2.45) is 0 Å². The van der Waals surface area contributed by atoms with Crippen LogP contribution in [0.15, 0.2) is 39.1 Å². The summed E-state index contributed by atoms with van der Waals surface area (Å²) < 4.78 is 38.9. The summed E-state index contributed by atoms with van der Waals surface area (Å²) in [5, 5.41) is 2.61. The zero-order valence-electron chi connectivity index (χ0n) is 22.7. The molecule has 14 heteroatoms. The summed E-state index contributed by atoms with van der Waals surface area (Å²) in [6, 6.07) is 4.40. The van der Waals surface area contributed by atoms with Crippen molar-refractivity contribution < 1.29 is 52.0 Å². The van der Waals surface area contributed by atoms with Gasteiger partial charge in [-0.1, -0.05) is 0 Å². The fourth-order valence-corrected chi connectivity index (χ4v) is 5.02. The maximum absolute atomic E-state index is 13.1. The number of benzene rings is 1. The number of aryl methyl sites for hydroxylation is 1. The highest BCUT2D eigenvalue weighted by Gasteiger charge is 2.53. The molecule has 13 nitrogen and oxygen atoms in total.